The average molecular weight is 298 g/mol. The maximum absolute atomic E-state index is 12.2. The Bertz CT molecular complexity index is 408. The van der Waals surface area contributed by atoms with Crippen molar-refractivity contribution in [3.8, 4) is 0 Å². The monoisotopic (exact) mass is 298 g/mol. The Labute approximate surface area is 123 Å². The Hall–Kier alpha value is -1.34. The fraction of sp³-hybridized carbons (Fsp3) is 0.857. The van der Waals surface area contributed by atoms with Crippen LogP contribution in [0.4, 0.5) is 4.79 Å². The van der Waals surface area contributed by atoms with Gasteiger partial charge in [-0.25, -0.2) is 9.59 Å². The van der Waals surface area contributed by atoms with Crippen LogP contribution in [0, 0.1) is 0 Å². The third-order valence-electron chi connectivity index (χ3n) is 4.59. The van der Waals surface area contributed by atoms with Gasteiger partial charge in [-0.3, -0.25) is 0 Å². The lowest BCUT2D eigenvalue weighted by Crippen LogP contribution is -2.51. The van der Waals surface area contributed by atoms with Gasteiger partial charge in [0.25, 0.3) is 0 Å². The molecule has 3 atom stereocenters. The van der Waals surface area contributed by atoms with Gasteiger partial charge in [-0.1, -0.05) is 0 Å². The molecule has 118 valence electrons. The number of nitrogens with one attached hydrogen (secondary N) is 1. The Kier molecular flexibility index (Phi) is 4.30. The van der Waals surface area contributed by atoms with Crippen molar-refractivity contribution in [2.75, 3.05) is 19.7 Å². The first-order valence-electron chi connectivity index (χ1n) is 7.66. The molecule has 3 unspecified atom stereocenters. The highest BCUT2D eigenvalue weighted by Crippen LogP contribution is 2.34. The fourth-order valence-corrected chi connectivity index (χ4v) is 3.45. The number of fused-ring (bicyclic) bond motifs is 2. The minimum atomic E-state index is -0.952. The van der Waals surface area contributed by atoms with E-state index in [4.69, 9.17) is 14.6 Å². The number of carboxylic acid groups (broad SMARTS) is 1. The zero-order chi connectivity index (χ0) is 14.8. The summed E-state index contributed by atoms with van der Waals surface area (Å²) in [5.41, 5.74) is 0. The molecule has 21 heavy (non-hydrogen) atoms. The van der Waals surface area contributed by atoms with Gasteiger partial charge in [-0.2, -0.15) is 0 Å². The third-order valence-corrected chi connectivity index (χ3v) is 4.59. The normalized spacial score (nSPS) is 32.4. The molecule has 3 saturated heterocycles. The SMILES string of the molecule is O=C(O)COC1CCN(C(=O)NC2CC3CCC2O3)CC1. The third kappa shape index (κ3) is 3.47. The van der Waals surface area contributed by atoms with Crippen LogP contribution in [0.25, 0.3) is 0 Å². The second-order valence-corrected chi connectivity index (χ2v) is 6.06. The van der Waals surface area contributed by atoms with Gasteiger partial charge in [0.05, 0.1) is 24.4 Å². The van der Waals surface area contributed by atoms with Gasteiger partial charge in [0.2, 0.25) is 0 Å². The first kappa shape index (κ1) is 14.6. The van der Waals surface area contributed by atoms with E-state index < -0.39 is 5.97 Å². The summed E-state index contributed by atoms with van der Waals surface area (Å²) in [6, 6.07) is 0.116. The maximum Gasteiger partial charge on any atom is 0.329 e. The molecule has 0 aromatic carbocycles. The molecule has 2 bridgehead atoms. The van der Waals surface area contributed by atoms with Crippen molar-refractivity contribution in [1.82, 2.24) is 10.2 Å². The van der Waals surface area contributed by atoms with Crippen LogP contribution in [-0.2, 0) is 14.3 Å². The average Bonchev–Trinajstić information content (AvgIpc) is 3.08. The number of carboxylic acids is 1. The van der Waals surface area contributed by atoms with Crippen molar-refractivity contribution in [1.29, 1.82) is 0 Å². The molecule has 7 heteroatoms. The van der Waals surface area contributed by atoms with Gasteiger partial charge < -0.3 is 24.8 Å². The van der Waals surface area contributed by atoms with E-state index in [2.05, 4.69) is 5.32 Å². The summed E-state index contributed by atoms with van der Waals surface area (Å²) in [6.07, 6.45) is 4.92. The molecule has 3 rings (SSSR count). The molecule has 7 nitrogen and oxygen atoms in total. The molecular formula is C14H22N2O5. The Morgan fingerprint density at radius 1 is 1.24 bits per heavy atom. The fourth-order valence-electron chi connectivity index (χ4n) is 3.45. The number of carbonyl (C=O) groups is 2. The summed E-state index contributed by atoms with van der Waals surface area (Å²) in [5.74, 6) is -0.952. The zero-order valence-corrected chi connectivity index (χ0v) is 12.0. The molecule has 3 heterocycles. The lowest BCUT2D eigenvalue weighted by Gasteiger charge is -2.33. The van der Waals surface area contributed by atoms with Gasteiger partial charge in [-0.05, 0) is 32.1 Å². The lowest BCUT2D eigenvalue weighted by molar-refractivity contribution is -0.145. The highest BCUT2D eigenvalue weighted by atomic mass is 16.5. The van der Waals surface area contributed by atoms with Crippen LogP contribution in [0.2, 0.25) is 0 Å². The van der Waals surface area contributed by atoms with Crippen LogP contribution >= 0.6 is 0 Å². The van der Waals surface area contributed by atoms with E-state index in [1.165, 1.54) is 0 Å². The lowest BCUT2D eigenvalue weighted by atomic mass is 9.95. The minimum absolute atomic E-state index is 0.0344. The molecule has 0 aromatic heterocycles. The molecule has 2 N–H and O–H groups in total. The predicted molar refractivity (Wildman–Crippen MR) is 73.0 cm³/mol. The molecule has 2 amide bonds. The highest BCUT2D eigenvalue weighted by Gasteiger charge is 2.42. The largest absolute Gasteiger partial charge is 0.480 e. The Morgan fingerprint density at radius 2 is 2.00 bits per heavy atom. The van der Waals surface area contributed by atoms with Crippen molar-refractivity contribution in [3.63, 3.8) is 0 Å². The highest BCUT2D eigenvalue weighted by molar-refractivity contribution is 5.74. The molecule has 0 spiro atoms. The second-order valence-electron chi connectivity index (χ2n) is 6.06. The van der Waals surface area contributed by atoms with Crippen molar-refractivity contribution in [2.45, 2.75) is 56.5 Å². The number of hydrogen-bond acceptors (Lipinski definition) is 4. The molecule has 0 radical (unpaired) electrons. The number of urea groups is 1. The maximum atomic E-state index is 12.2. The summed E-state index contributed by atoms with van der Waals surface area (Å²) >= 11 is 0. The van der Waals surface area contributed by atoms with Gasteiger partial charge in [0, 0.05) is 13.1 Å². The number of hydrogen-bond donors (Lipinski definition) is 2. The number of ether oxygens (including phenoxy) is 2. The van der Waals surface area contributed by atoms with Crippen LogP contribution in [0.3, 0.4) is 0 Å². The summed E-state index contributed by atoms with van der Waals surface area (Å²) in [7, 11) is 0. The van der Waals surface area contributed by atoms with E-state index in [-0.39, 0.29) is 30.9 Å². The first-order valence-corrected chi connectivity index (χ1v) is 7.66. The van der Waals surface area contributed by atoms with Crippen molar-refractivity contribution in [3.05, 3.63) is 0 Å². The van der Waals surface area contributed by atoms with Crippen molar-refractivity contribution < 1.29 is 24.2 Å². The van der Waals surface area contributed by atoms with Gasteiger partial charge in [-0.15, -0.1) is 0 Å². The van der Waals surface area contributed by atoms with E-state index >= 15 is 0 Å². The van der Waals surface area contributed by atoms with Crippen LogP contribution < -0.4 is 5.32 Å². The van der Waals surface area contributed by atoms with E-state index in [0.29, 0.717) is 32.0 Å². The smallest absolute Gasteiger partial charge is 0.329 e. The number of piperidine rings is 1. The number of nitrogens with zero attached hydrogens (tertiary/aromatic N) is 1. The summed E-state index contributed by atoms with van der Waals surface area (Å²) < 4.78 is 11.0. The zero-order valence-electron chi connectivity index (χ0n) is 12.0. The number of carbonyl (C=O) groups excluding carboxylic acids is 1. The predicted octanol–water partition coefficient (Wildman–Crippen LogP) is 0.581. The molecule has 0 aromatic rings. The molecular weight excluding hydrogens is 276 g/mol. The summed E-state index contributed by atoms with van der Waals surface area (Å²) in [4.78, 5) is 24.5. The van der Waals surface area contributed by atoms with E-state index in [9.17, 15) is 9.59 Å². The van der Waals surface area contributed by atoms with Crippen molar-refractivity contribution >= 4 is 12.0 Å². The molecule has 3 aliphatic rings. The van der Waals surface area contributed by atoms with Crippen LogP contribution in [0.5, 0.6) is 0 Å². The topological polar surface area (TPSA) is 88.1 Å². The summed E-state index contributed by atoms with van der Waals surface area (Å²) in [5, 5.41) is 11.7. The summed E-state index contributed by atoms with van der Waals surface area (Å²) in [6.45, 7) is 0.953. The van der Waals surface area contributed by atoms with Gasteiger partial charge in [0.15, 0.2) is 0 Å². The van der Waals surface area contributed by atoms with Gasteiger partial charge in [0.1, 0.15) is 6.61 Å². The standard InChI is InChI=1S/C14H22N2O5/c17-13(18)8-20-9-3-5-16(6-4-9)14(19)15-11-7-10-1-2-12(11)21-10/h9-12H,1-8H2,(H,15,19)(H,17,18). The van der Waals surface area contributed by atoms with E-state index in [1.54, 1.807) is 4.90 Å². The number of rotatable bonds is 4. The quantitative estimate of drug-likeness (QED) is 0.792. The number of likely N-dealkylation sites (tertiary alicyclic amines) is 1. The molecule has 3 aliphatic heterocycles. The Balaban J connectivity index is 1.40. The molecule has 3 fully saturated rings. The number of amides is 2. The van der Waals surface area contributed by atoms with Crippen molar-refractivity contribution in [2.24, 2.45) is 0 Å². The second kappa shape index (κ2) is 6.19. The Morgan fingerprint density at radius 3 is 2.57 bits per heavy atom. The van der Waals surface area contributed by atoms with Crippen LogP contribution in [0.1, 0.15) is 32.1 Å². The molecule has 0 aliphatic carbocycles. The van der Waals surface area contributed by atoms with E-state index in [0.717, 1.165) is 19.3 Å². The van der Waals surface area contributed by atoms with Gasteiger partial charge >= 0.3 is 12.0 Å². The van der Waals surface area contributed by atoms with Crippen LogP contribution in [-0.4, -0.2) is 66.1 Å². The first-order chi connectivity index (χ1) is 10.1. The number of aliphatic carboxylic acids is 1. The van der Waals surface area contributed by atoms with Crippen LogP contribution in [0.15, 0.2) is 0 Å². The molecule has 0 saturated carbocycles. The minimum Gasteiger partial charge on any atom is -0.480 e. The van der Waals surface area contributed by atoms with E-state index in [1.807, 2.05) is 0 Å².